The maximum atomic E-state index is 9.12. The lowest BCUT2D eigenvalue weighted by molar-refractivity contribution is 0.269. The zero-order chi connectivity index (χ0) is 8.27. The summed E-state index contributed by atoms with van der Waals surface area (Å²) in [6.07, 6.45) is 1.44. The molecule has 11 heavy (non-hydrogen) atoms. The maximum absolute atomic E-state index is 9.12. The number of pyridine rings is 1. The van der Waals surface area contributed by atoms with E-state index in [0.29, 0.717) is 5.75 Å². The number of aromatic nitrogens is 1. The maximum Gasteiger partial charge on any atom is 0.143 e. The van der Waals surface area contributed by atoms with Crippen LogP contribution in [0.3, 0.4) is 0 Å². The molecule has 0 unspecified atom stereocenters. The van der Waals surface area contributed by atoms with Crippen molar-refractivity contribution in [2.75, 3.05) is 7.11 Å². The Balaban J connectivity index is 2.99. The molecule has 0 aliphatic carbocycles. The largest absolute Gasteiger partial charge is 0.506 e. The fourth-order valence-electron chi connectivity index (χ4n) is 0.696. The third-order valence-corrected chi connectivity index (χ3v) is 1.31. The van der Waals surface area contributed by atoms with Crippen molar-refractivity contribution < 1.29 is 14.9 Å². The molecule has 0 spiro atoms. The molecule has 0 saturated heterocycles. The van der Waals surface area contributed by atoms with Crippen LogP contribution >= 0.6 is 0 Å². The molecule has 4 nitrogen and oxygen atoms in total. The summed E-state index contributed by atoms with van der Waals surface area (Å²) in [6, 6.07) is 1.40. The minimum atomic E-state index is -0.268. The van der Waals surface area contributed by atoms with E-state index in [0.717, 1.165) is 0 Å². The first kappa shape index (κ1) is 7.81. The highest BCUT2D eigenvalue weighted by molar-refractivity contribution is 5.33. The van der Waals surface area contributed by atoms with Gasteiger partial charge in [-0.05, 0) is 0 Å². The number of hydrogen-bond acceptors (Lipinski definition) is 4. The van der Waals surface area contributed by atoms with E-state index < -0.39 is 0 Å². The molecule has 0 bridgehead atoms. The normalized spacial score (nSPS) is 9.64. The van der Waals surface area contributed by atoms with Crippen LogP contribution < -0.4 is 4.74 Å². The van der Waals surface area contributed by atoms with Gasteiger partial charge in [0.2, 0.25) is 0 Å². The van der Waals surface area contributed by atoms with Crippen molar-refractivity contribution in [2.24, 2.45) is 0 Å². The SMILES string of the molecule is COc1cnc(CO)c(O)c1. The number of aliphatic hydroxyl groups excluding tert-OH is 1. The Kier molecular flexibility index (Phi) is 2.28. The number of rotatable bonds is 2. The van der Waals surface area contributed by atoms with E-state index in [1.807, 2.05) is 0 Å². The first-order valence-electron chi connectivity index (χ1n) is 3.10. The predicted octanol–water partition coefficient (Wildman–Crippen LogP) is 0.288. The van der Waals surface area contributed by atoms with Gasteiger partial charge in [-0.2, -0.15) is 0 Å². The monoisotopic (exact) mass is 155 g/mol. The van der Waals surface area contributed by atoms with Gasteiger partial charge in [0.25, 0.3) is 0 Å². The van der Waals surface area contributed by atoms with Gasteiger partial charge in [-0.25, -0.2) is 0 Å². The van der Waals surface area contributed by atoms with Crippen LogP contribution in [0.5, 0.6) is 11.5 Å². The fraction of sp³-hybridized carbons (Fsp3) is 0.286. The lowest BCUT2D eigenvalue weighted by atomic mass is 10.3. The molecule has 1 aromatic heterocycles. The van der Waals surface area contributed by atoms with Crippen LogP contribution in [0, 0.1) is 0 Å². The van der Waals surface area contributed by atoms with Crippen LogP contribution in [0.25, 0.3) is 0 Å². The molecule has 0 fully saturated rings. The Morgan fingerprint density at radius 2 is 2.36 bits per heavy atom. The Labute approximate surface area is 64.1 Å². The average Bonchev–Trinajstić information content (AvgIpc) is 2.04. The highest BCUT2D eigenvalue weighted by Gasteiger charge is 2.01. The number of methoxy groups -OCH3 is 1. The standard InChI is InChI=1S/C7H9NO3/c1-11-5-2-7(10)6(4-9)8-3-5/h2-3,9-10H,4H2,1H3. The quantitative estimate of drug-likeness (QED) is 0.644. The molecule has 0 atom stereocenters. The highest BCUT2D eigenvalue weighted by atomic mass is 16.5. The zero-order valence-corrected chi connectivity index (χ0v) is 6.11. The fourth-order valence-corrected chi connectivity index (χ4v) is 0.696. The first-order valence-corrected chi connectivity index (χ1v) is 3.10. The van der Waals surface area contributed by atoms with Gasteiger partial charge in [0.15, 0.2) is 0 Å². The third kappa shape index (κ3) is 1.59. The van der Waals surface area contributed by atoms with Crippen LogP contribution in [-0.2, 0) is 6.61 Å². The number of aromatic hydroxyl groups is 1. The molecule has 1 aromatic rings. The van der Waals surface area contributed by atoms with E-state index in [2.05, 4.69) is 4.98 Å². The number of aliphatic hydroxyl groups is 1. The molecule has 0 saturated carbocycles. The van der Waals surface area contributed by atoms with Crippen LogP contribution in [0.15, 0.2) is 12.3 Å². The second kappa shape index (κ2) is 3.21. The second-order valence-corrected chi connectivity index (χ2v) is 2.00. The van der Waals surface area contributed by atoms with E-state index in [9.17, 15) is 0 Å². The Morgan fingerprint density at radius 3 is 2.82 bits per heavy atom. The van der Waals surface area contributed by atoms with Crippen molar-refractivity contribution in [3.05, 3.63) is 18.0 Å². The lowest BCUT2D eigenvalue weighted by Gasteiger charge is -2.02. The summed E-state index contributed by atoms with van der Waals surface area (Å²) >= 11 is 0. The van der Waals surface area contributed by atoms with Gasteiger partial charge in [0.05, 0.1) is 19.9 Å². The van der Waals surface area contributed by atoms with E-state index in [1.54, 1.807) is 0 Å². The van der Waals surface area contributed by atoms with Crippen molar-refractivity contribution in [3.8, 4) is 11.5 Å². The van der Waals surface area contributed by atoms with Crippen LogP contribution in [0.2, 0.25) is 0 Å². The number of ether oxygens (including phenoxy) is 1. The second-order valence-electron chi connectivity index (χ2n) is 2.00. The van der Waals surface area contributed by atoms with E-state index in [-0.39, 0.29) is 18.1 Å². The molecule has 0 radical (unpaired) electrons. The topological polar surface area (TPSA) is 62.6 Å². The zero-order valence-electron chi connectivity index (χ0n) is 6.11. The molecule has 60 valence electrons. The van der Waals surface area contributed by atoms with Crippen molar-refractivity contribution in [1.29, 1.82) is 0 Å². The van der Waals surface area contributed by atoms with Gasteiger partial charge in [-0.1, -0.05) is 0 Å². The molecule has 0 aliphatic rings. The number of nitrogens with zero attached hydrogens (tertiary/aromatic N) is 1. The van der Waals surface area contributed by atoms with Gasteiger partial charge >= 0.3 is 0 Å². The Bertz CT molecular complexity index is 249. The summed E-state index contributed by atoms with van der Waals surface area (Å²) in [6.45, 7) is -0.268. The summed E-state index contributed by atoms with van der Waals surface area (Å²) in [7, 11) is 1.48. The van der Waals surface area contributed by atoms with E-state index in [4.69, 9.17) is 14.9 Å². The Morgan fingerprint density at radius 1 is 1.64 bits per heavy atom. The summed E-state index contributed by atoms with van der Waals surface area (Å²) in [5, 5.41) is 17.7. The van der Waals surface area contributed by atoms with Crippen molar-refractivity contribution in [1.82, 2.24) is 4.98 Å². The number of hydrogen-bond donors (Lipinski definition) is 2. The molecule has 0 aromatic carbocycles. The predicted molar refractivity (Wildman–Crippen MR) is 38.4 cm³/mol. The minimum absolute atomic E-state index is 0.0492. The molecule has 4 heteroatoms. The van der Waals surface area contributed by atoms with Gasteiger partial charge < -0.3 is 14.9 Å². The lowest BCUT2D eigenvalue weighted by Crippen LogP contribution is -1.91. The Hall–Kier alpha value is -1.29. The molecule has 1 heterocycles. The summed E-state index contributed by atoms with van der Waals surface area (Å²) in [4.78, 5) is 3.74. The highest BCUT2D eigenvalue weighted by Crippen LogP contribution is 2.19. The van der Waals surface area contributed by atoms with Crippen LogP contribution in [0.4, 0.5) is 0 Å². The first-order chi connectivity index (χ1) is 5.27. The van der Waals surface area contributed by atoms with Crippen LogP contribution in [-0.4, -0.2) is 22.3 Å². The summed E-state index contributed by atoms with van der Waals surface area (Å²) < 4.78 is 4.79. The van der Waals surface area contributed by atoms with Gasteiger partial charge in [-0.3, -0.25) is 4.98 Å². The van der Waals surface area contributed by atoms with Gasteiger partial charge in [-0.15, -0.1) is 0 Å². The smallest absolute Gasteiger partial charge is 0.143 e. The molecular weight excluding hydrogens is 146 g/mol. The molecule has 1 rings (SSSR count). The third-order valence-electron chi connectivity index (χ3n) is 1.31. The molecule has 2 N–H and O–H groups in total. The van der Waals surface area contributed by atoms with Gasteiger partial charge in [0, 0.05) is 6.07 Å². The van der Waals surface area contributed by atoms with Gasteiger partial charge in [0.1, 0.15) is 17.2 Å². The van der Waals surface area contributed by atoms with Crippen molar-refractivity contribution in [2.45, 2.75) is 6.61 Å². The minimum Gasteiger partial charge on any atom is -0.506 e. The van der Waals surface area contributed by atoms with E-state index >= 15 is 0 Å². The van der Waals surface area contributed by atoms with E-state index in [1.165, 1.54) is 19.4 Å². The molecule has 0 amide bonds. The van der Waals surface area contributed by atoms with Crippen molar-refractivity contribution in [3.63, 3.8) is 0 Å². The van der Waals surface area contributed by atoms with Crippen LogP contribution in [0.1, 0.15) is 5.69 Å². The molecule has 0 aliphatic heterocycles. The average molecular weight is 155 g/mol. The summed E-state index contributed by atoms with van der Waals surface area (Å²) in [5.74, 6) is 0.423. The molecular formula is C7H9NO3. The summed E-state index contributed by atoms with van der Waals surface area (Å²) in [5.41, 5.74) is 0.255. The van der Waals surface area contributed by atoms with Crippen molar-refractivity contribution >= 4 is 0 Å².